The first-order valence-corrected chi connectivity index (χ1v) is 17.2. The number of amides is 1. The summed E-state index contributed by atoms with van der Waals surface area (Å²) in [5.74, 6) is -1.02. The van der Waals surface area contributed by atoms with Gasteiger partial charge in [0, 0.05) is 43.1 Å². The summed E-state index contributed by atoms with van der Waals surface area (Å²) in [4.78, 5) is 33.9. The van der Waals surface area contributed by atoms with Crippen molar-refractivity contribution < 1.29 is 27.4 Å². The van der Waals surface area contributed by atoms with Crippen molar-refractivity contribution in [2.24, 2.45) is 11.8 Å². The second kappa shape index (κ2) is 11.4. The van der Waals surface area contributed by atoms with Crippen LogP contribution in [-0.4, -0.2) is 96.1 Å². The van der Waals surface area contributed by atoms with Crippen molar-refractivity contribution in [1.82, 2.24) is 39.5 Å². The van der Waals surface area contributed by atoms with Gasteiger partial charge in [0.05, 0.1) is 26.2 Å². The molecule has 1 saturated carbocycles. The smallest absolute Gasteiger partial charge is 0.346 e. The van der Waals surface area contributed by atoms with Gasteiger partial charge in [0.25, 0.3) is 0 Å². The van der Waals surface area contributed by atoms with Crippen LogP contribution in [-0.2, 0) is 0 Å². The molecule has 5 aromatic rings. The van der Waals surface area contributed by atoms with Crippen LogP contribution >= 0.6 is 22.9 Å². The standard InChI is InChI=1S/C32H29ClF3N9O3S/c33-20-7-18-25(24(36)23(20)17-2-3-21(35)27-26(17)40-29(37)49-27)41-30(47-12-32-4-1-5-44(32)10-16(34)8-32)42-28(18)48-22-6-15-9-43(11-19(15)22)31(46)45-14-38-13-39-45/h2-3,7,13-16,19,22H,1,4-6,8-12H2,(H2,37,40)/t15?,16-,19?,22?,32+/m1/s1. The third-order valence-corrected chi connectivity index (χ3v) is 11.7. The number of alkyl halides is 1. The lowest BCUT2D eigenvalue weighted by molar-refractivity contribution is 0.0137. The van der Waals surface area contributed by atoms with Crippen LogP contribution in [0.5, 0.6) is 11.9 Å². The van der Waals surface area contributed by atoms with Crippen molar-refractivity contribution in [3.05, 3.63) is 47.5 Å². The van der Waals surface area contributed by atoms with Crippen LogP contribution in [0.4, 0.5) is 23.1 Å². The van der Waals surface area contributed by atoms with E-state index >= 15 is 4.39 Å². The first-order chi connectivity index (χ1) is 23.7. The van der Waals surface area contributed by atoms with Crippen molar-refractivity contribution in [1.29, 1.82) is 0 Å². The van der Waals surface area contributed by atoms with Crippen LogP contribution in [0.1, 0.15) is 25.7 Å². The fourth-order valence-corrected chi connectivity index (χ4v) is 9.18. The highest BCUT2D eigenvalue weighted by Gasteiger charge is 2.51. The Hall–Kier alpha value is -4.28. The van der Waals surface area contributed by atoms with Crippen LogP contribution in [0.15, 0.2) is 30.9 Å². The quantitative estimate of drug-likeness (QED) is 0.246. The normalized spacial score (nSPS) is 26.3. The number of benzene rings is 2. The monoisotopic (exact) mass is 711 g/mol. The van der Waals surface area contributed by atoms with E-state index in [-0.39, 0.29) is 84.9 Å². The van der Waals surface area contributed by atoms with Crippen LogP contribution in [0.3, 0.4) is 0 Å². The topological polar surface area (TPSA) is 137 Å². The molecule has 3 aromatic heterocycles. The molecule has 2 aromatic carbocycles. The Morgan fingerprint density at radius 2 is 2.04 bits per heavy atom. The van der Waals surface area contributed by atoms with E-state index in [9.17, 15) is 13.6 Å². The summed E-state index contributed by atoms with van der Waals surface area (Å²) in [6.07, 6.45) is 4.07. The lowest BCUT2D eigenvalue weighted by Crippen LogP contribution is -2.44. The number of halogens is 4. The Morgan fingerprint density at radius 3 is 2.88 bits per heavy atom. The first kappa shape index (κ1) is 30.8. The Balaban J connectivity index is 1.09. The fourth-order valence-electron chi connectivity index (χ4n) is 8.12. The summed E-state index contributed by atoms with van der Waals surface area (Å²) >= 11 is 7.72. The summed E-state index contributed by atoms with van der Waals surface area (Å²) in [5.41, 5.74) is 5.70. The van der Waals surface area contributed by atoms with Gasteiger partial charge in [-0.3, -0.25) is 4.90 Å². The van der Waals surface area contributed by atoms with Crippen molar-refractivity contribution in [2.75, 3.05) is 38.5 Å². The molecule has 3 aliphatic heterocycles. The molecule has 254 valence electrons. The van der Waals surface area contributed by atoms with Gasteiger partial charge < -0.3 is 20.1 Å². The van der Waals surface area contributed by atoms with E-state index in [0.717, 1.165) is 30.7 Å². The number of nitrogens with two attached hydrogens (primary N) is 1. The summed E-state index contributed by atoms with van der Waals surface area (Å²) in [5, 5.41) is 4.32. The number of carbonyl (C=O) groups excluding carboxylic acids is 1. The van der Waals surface area contributed by atoms with E-state index in [0.29, 0.717) is 32.5 Å². The SMILES string of the molecule is Nc1nc2c(-c3c(Cl)cc4c(OC5CC6CN(C(=O)n7cncn7)CC65)nc(OC[C@@]56CCCN5C[C@H](F)C6)nc4c3F)ccc(F)c2s1. The van der Waals surface area contributed by atoms with Gasteiger partial charge in [-0.25, -0.2) is 27.9 Å². The number of hydrogen-bond acceptors (Lipinski definition) is 11. The molecule has 2 N–H and O–H groups in total. The van der Waals surface area contributed by atoms with Crippen LogP contribution < -0.4 is 15.2 Å². The number of likely N-dealkylation sites (tertiary alicyclic amines) is 1. The van der Waals surface area contributed by atoms with Crippen LogP contribution in [0, 0.1) is 23.5 Å². The fraction of sp³-hybridized carbons (Fsp3) is 0.438. The maximum absolute atomic E-state index is 16.8. The number of carbonyl (C=O) groups is 1. The predicted molar refractivity (Wildman–Crippen MR) is 174 cm³/mol. The Morgan fingerprint density at radius 1 is 1.16 bits per heavy atom. The molecule has 49 heavy (non-hydrogen) atoms. The van der Waals surface area contributed by atoms with Gasteiger partial charge >= 0.3 is 12.0 Å². The lowest BCUT2D eigenvalue weighted by atomic mass is 9.73. The zero-order valence-electron chi connectivity index (χ0n) is 25.9. The van der Waals surface area contributed by atoms with E-state index in [2.05, 4.69) is 29.9 Å². The van der Waals surface area contributed by atoms with Gasteiger partial charge in [-0.15, -0.1) is 0 Å². The molecule has 3 unspecified atom stereocenters. The molecule has 1 amide bonds. The van der Waals surface area contributed by atoms with Crippen LogP contribution in [0.25, 0.3) is 32.2 Å². The third-order valence-electron chi connectivity index (χ3n) is 10.5. The highest BCUT2D eigenvalue weighted by atomic mass is 35.5. The van der Waals surface area contributed by atoms with Gasteiger partial charge in [0.2, 0.25) is 5.88 Å². The average Bonchev–Trinajstić information content (AvgIpc) is 3.89. The highest BCUT2D eigenvalue weighted by molar-refractivity contribution is 7.22. The molecule has 4 aliphatic rings. The van der Waals surface area contributed by atoms with Gasteiger partial charge in [0.1, 0.15) is 42.9 Å². The number of fused-ring (bicyclic) bond motifs is 4. The van der Waals surface area contributed by atoms with Crippen molar-refractivity contribution in [2.45, 2.75) is 43.5 Å². The molecule has 1 aliphatic carbocycles. The molecule has 6 heterocycles. The minimum atomic E-state index is -0.955. The van der Waals surface area contributed by atoms with Gasteiger partial charge in [-0.1, -0.05) is 22.9 Å². The number of hydrogen-bond donors (Lipinski definition) is 1. The van der Waals surface area contributed by atoms with E-state index in [1.165, 1.54) is 35.5 Å². The zero-order valence-corrected chi connectivity index (χ0v) is 27.4. The molecular formula is C32H29ClF3N9O3S. The van der Waals surface area contributed by atoms with Gasteiger partial charge in [0.15, 0.2) is 10.9 Å². The number of thiazole rings is 1. The number of ether oxygens (including phenoxy) is 2. The summed E-state index contributed by atoms with van der Waals surface area (Å²) in [6, 6.07) is 3.76. The molecule has 12 nitrogen and oxygen atoms in total. The number of aromatic nitrogens is 6. The molecule has 5 atom stereocenters. The molecule has 9 rings (SSSR count). The van der Waals surface area contributed by atoms with E-state index in [1.807, 2.05) is 0 Å². The molecule has 0 radical (unpaired) electrons. The Labute approximate surface area is 286 Å². The number of nitrogens with zero attached hydrogens (tertiary/aromatic N) is 8. The average molecular weight is 712 g/mol. The minimum absolute atomic E-state index is 0.00924. The second-order valence-electron chi connectivity index (χ2n) is 13.3. The molecule has 4 fully saturated rings. The molecule has 0 spiro atoms. The van der Waals surface area contributed by atoms with E-state index in [1.54, 1.807) is 4.90 Å². The minimum Gasteiger partial charge on any atom is -0.473 e. The highest BCUT2D eigenvalue weighted by Crippen LogP contribution is 2.47. The molecule has 0 bridgehead atoms. The summed E-state index contributed by atoms with van der Waals surface area (Å²) in [7, 11) is 0. The second-order valence-corrected chi connectivity index (χ2v) is 14.7. The lowest BCUT2D eigenvalue weighted by Gasteiger charge is -2.38. The zero-order chi connectivity index (χ0) is 33.6. The number of anilines is 1. The van der Waals surface area contributed by atoms with Crippen LogP contribution in [0.2, 0.25) is 5.02 Å². The number of nitrogen functional groups attached to an aromatic ring is 1. The van der Waals surface area contributed by atoms with Gasteiger partial charge in [-0.05, 0) is 49.9 Å². The van der Waals surface area contributed by atoms with Crippen molar-refractivity contribution in [3.8, 4) is 23.0 Å². The molecule has 17 heteroatoms. The third kappa shape index (κ3) is 4.97. The first-order valence-electron chi connectivity index (χ1n) is 16.0. The van der Waals surface area contributed by atoms with Crippen molar-refractivity contribution in [3.63, 3.8) is 0 Å². The largest absolute Gasteiger partial charge is 0.473 e. The number of rotatable bonds is 6. The summed E-state index contributed by atoms with van der Waals surface area (Å²) in [6.45, 7) is 2.25. The molecule has 3 saturated heterocycles. The van der Waals surface area contributed by atoms with E-state index < -0.39 is 23.3 Å². The summed E-state index contributed by atoms with van der Waals surface area (Å²) < 4.78 is 60.0. The van der Waals surface area contributed by atoms with Crippen molar-refractivity contribution >= 4 is 55.2 Å². The Kier molecular flexibility index (Phi) is 7.14. The van der Waals surface area contributed by atoms with E-state index in [4.69, 9.17) is 26.8 Å². The maximum Gasteiger partial charge on any atom is 0.346 e. The molecular weight excluding hydrogens is 683 g/mol. The predicted octanol–water partition coefficient (Wildman–Crippen LogP) is 5.33. The van der Waals surface area contributed by atoms with Gasteiger partial charge in [-0.2, -0.15) is 19.7 Å². The Bertz CT molecular complexity index is 2140. The maximum atomic E-state index is 16.8.